The van der Waals surface area contributed by atoms with Gasteiger partial charge in [-0.3, -0.25) is 14.9 Å². The van der Waals surface area contributed by atoms with E-state index in [4.69, 9.17) is 12.2 Å². The molecule has 0 aliphatic heterocycles. The maximum Gasteiger partial charge on any atom is 0.337 e. The molecule has 1 unspecified atom stereocenters. The smallest absolute Gasteiger partial charge is 0.337 e. The van der Waals surface area contributed by atoms with Crippen molar-refractivity contribution in [3.05, 3.63) is 101 Å². The molecule has 0 heterocycles. The number of carbonyl (C=O) groups is 3. The van der Waals surface area contributed by atoms with Crippen LogP contribution in [0.4, 0.5) is 5.69 Å². The summed E-state index contributed by atoms with van der Waals surface area (Å²) in [6.45, 7) is 1.90. The Morgan fingerprint density at radius 2 is 1.42 bits per heavy atom. The molecule has 2 amide bonds. The van der Waals surface area contributed by atoms with E-state index in [0.717, 1.165) is 5.56 Å². The highest BCUT2D eigenvalue weighted by Crippen LogP contribution is 2.18. The lowest BCUT2D eigenvalue weighted by atomic mass is 10.1. The number of nitrogens with one attached hydrogen (secondary N) is 3. The van der Waals surface area contributed by atoms with Crippen LogP contribution in [0.15, 0.2) is 78.9 Å². The summed E-state index contributed by atoms with van der Waals surface area (Å²) in [4.78, 5) is 36.9. The van der Waals surface area contributed by atoms with Gasteiger partial charge in [0, 0.05) is 5.56 Å². The summed E-state index contributed by atoms with van der Waals surface area (Å²) >= 11 is 5.26. The van der Waals surface area contributed by atoms with Crippen molar-refractivity contribution in [1.82, 2.24) is 10.6 Å². The number of amides is 2. The van der Waals surface area contributed by atoms with Crippen molar-refractivity contribution in [2.24, 2.45) is 0 Å². The number of anilines is 1. The van der Waals surface area contributed by atoms with Gasteiger partial charge in [-0.1, -0.05) is 42.5 Å². The van der Waals surface area contributed by atoms with Crippen LogP contribution in [0.3, 0.4) is 0 Å². The van der Waals surface area contributed by atoms with Crippen LogP contribution in [-0.2, 0) is 4.74 Å². The van der Waals surface area contributed by atoms with E-state index in [0.29, 0.717) is 22.4 Å². The molecule has 8 heteroatoms. The van der Waals surface area contributed by atoms with Gasteiger partial charge < -0.3 is 15.4 Å². The van der Waals surface area contributed by atoms with E-state index in [2.05, 4.69) is 20.7 Å². The van der Waals surface area contributed by atoms with Crippen LogP contribution in [0.25, 0.3) is 0 Å². The fraction of sp³-hybridized carbons (Fsp3) is 0.120. The number of benzene rings is 3. The summed E-state index contributed by atoms with van der Waals surface area (Å²) in [7, 11) is 1.29. The van der Waals surface area contributed by atoms with E-state index in [9.17, 15) is 14.4 Å². The summed E-state index contributed by atoms with van der Waals surface area (Å²) in [5.74, 6) is -1.22. The molecule has 0 aromatic heterocycles. The number of ether oxygens (including phenoxy) is 1. The maximum absolute atomic E-state index is 12.9. The molecule has 0 fully saturated rings. The molecule has 3 aromatic rings. The Hall–Kier alpha value is -4.04. The number of carbonyl (C=O) groups excluding carboxylic acids is 3. The second-order valence-electron chi connectivity index (χ2n) is 7.13. The van der Waals surface area contributed by atoms with Gasteiger partial charge in [0.15, 0.2) is 5.11 Å². The summed E-state index contributed by atoms with van der Waals surface area (Å²) in [5.41, 5.74) is 2.48. The lowest BCUT2D eigenvalue weighted by Crippen LogP contribution is -2.35. The highest BCUT2D eigenvalue weighted by atomic mass is 32.1. The molecule has 168 valence electrons. The number of thiocarbonyl (C=S) groups is 1. The van der Waals surface area contributed by atoms with Crippen molar-refractivity contribution in [1.29, 1.82) is 0 Å². The highest BCUT2D eigenvalue weighted by molar-refractivity contribution is 7.80. The van der Waals surface area contributed by atoms with E-state index < -0.39 is 11.9 Å². The van der Waals surface area contributed by atoms with E-state index >= 15 is 0 Å². The molecule has 7 nitrogen and oxygen atoms in total. The Morgan fingerprint density at radius 1 is 0.818 bits per heavy atom. The molecular formula is C25H23N3O4S. The van der Waals surface area contributed by atoms with E-state index in [1.54, 1.807) is 24.3 Å². The molecule has 3 rings (SSSR count). The Labute approximate surface area is 197 Å². The molecule has 33 heavy (non-hydrogen) atoms. The van der Waals surface area contributed by atoms with E-state index in [-0.39, 0.29) is 17.1 Å². The quantitative estimate of drug-likeness (QED) is 0.378. The average molecular weight is 462 g/mol. The largest absolute Gasteiger partial charge is 0.465 e. The van der Waals surface area contributed by atoms with Gasteiger partial charge in [0.2, 0.25) is 0 Å². The molecule has 0 aliphatic carbocycles. The third-order valence-corrected chi connectivity index (χ3v) is 5.07. The van der Waals surface area contributed by atoms with Gasteiger partial charge in [0.1, 0.15) is 0 Å². The molecular weight excluding hydrogens is 438 g/mol. The van der Waals surface area contributed by atoms with Crippen molar-refractivity contribution >= 4 is 40.8 Å². The molecule has 0 saturated carbocycles. The molecule has 0 radical (unpaired) electrons. The first-order chi connectivity index (χ1) is 15.9. The number of hydrogen-bond acceptors (Lipinski definition) is 5. The van der Waals surface area contributed by atoms with Gasteiger partial charge >= 0.3 is 5.97 Å². The van der Waals surface area contributed by atoms with Crippen LogP contribution in [0.2, 0.25) is 0 Å². The van der Waals surface area contributed by atoms with Crippen molar-refractivity contribution in [2.75, 3.05) is 12.4 Å². The lowest BCUT2D eigenvalue weighted by molar-refractivity contribution is 0.0600. The van der Waals surface area contributed by atoms with E-state index in [1.165, 1.54) is 31.4 Å². The van der Waals surface area contributed by atoms with Gasteiger partial charge in [-0.2, -0.15) is 0 Å². The van der Waals surface area contributed by atoms with Crippen LogP contribution in [-0.4, -0.2) is 30.0 Å². The third kappa shape index (κ3) is 6.24. The normalized spacial score (nSPS) is 11.1. The molecule has 0 bridgehead atoms. The molecule has 1 atom stereocenters. The Kier molecular flexibility index (Phi) is 7.88. The number of esters is 1. The number of hydrogen-bond donors (Lipinski definition) is 3. The SMILES string of the molecule is COC(=O)c1ccc(C(=O)NC(=S)Nc2ccccc2C(=O)NC(C)c2ccccc2)cc1. The van der Waals surface area contributed by atoms with Crippen LogP contribution in [0.5, 0.6) is 0 Å². The van der Waals surface area contributed by atoms with Gasteiger partial charge in [0.05, 0.1) is 30.0 Å². The zero-order valence-corrected chi connectivity index (χ0v) is 18.9. The fourth-order valence-corrected chi connectivity index (χ4v) is 3.30. The summed E-state index contributed by atoms with van der Waals surface area (Å²) < 4.78 is 4.64. The maximum atomic E-state index is 12.9. The molecule has 0 saturated heterocycles. The lowest BCUT2D eigenvalue weighted by Gasteiger charge is -2.17. The zero-order chi connectivity index (χ0) is 23.8. The van der Waals surface area contributed by atoms with E-state index in [1.807, 2.05) is 37.3 Å². The standard InChI is InChI=1S/C25H23N3O4S/c1-16(17-8-4-3-5-9-17)26-23(30)20-10-6-7-11-21(20)27-25(33)28-22(29)18-12-14-19(15-13-18)24(31)32-2/h3-16H,1-2H3,(H,26,30)(H2,27,28,29,33). The van der Waals surface area contributed by atoms with Crippen LogP contribution >= 0.6 is 12.2 Å². The first-order valence-corrected chi connectivity index (χ1v) is 10.6. The second kappa shape index (κ2) is 11.0. The monoisotopic (exact) mass is 461 g/mol. The van der Waals surface area contributed by atoms with Crippen molar-refractivity contribution in [3.8, 4) is 0 Å². The molecule has 3 aromatic carbocycles. The van der Waals surface area contributed by atoms with Crippen molar-refractivity contribution in [2.45, 2.75) is 13.0 Å². The first-order valence-electron chi connectivity index (χ1n) is 10.1. The second-order valence-corrected chi connectivity index (χ2v) is 7.54. The molecule has 0 aliphatic rings. The van der Waals surface area contributed by atoms with Crippen LogP contribution in [0.1, 0.15) is 49.6 Å². The minimum atomic E-state index is -0.490. The summed E-state index contributed by atoms with van der Waals surface area (Å²) in [6, 6.07) is 22.3. The fourth-order valence-electron chi connectivity index (χ4n) is 3.09. The predicted molar refractivity (Wildman–Crippen MR) is 130 cm³/mol. The number of rotatable bonds is 6. The number of para-hydroxylation sites is 1. The van der Waals surface area contributed by atoms with Gasteiger partial charge in [0.25, 0.3) is 11.8 Å². The van der Waals surface area contributed by atoms with Crippen LogP contribution < -0.4 is 16.0 Å². The van der Waals surface area contributed by atoms with Gasteiger partial charge in [-0.05, 0) is 61.1 Å². The molecule has 3 N–H and O–H groups in total. The highest BCUT2D eigenvalue weighted by Gasteiger charge is 2.16. The summed E-state index contributed by atoms with van der Waals surface area (Å²) in [6.07, 6.45) is 0. The van der Waals surface area contributed by atoms with Gasteiger partial charge in [-0.15, -0.1) is 0 Å². The first kappa shape index (κ1) is 23.6. The van der Waals surface area contributed by atoms with Crippen molar-refractivity contribution in [3.63, 3.8) is 0 Å². The van der Waals surface area contributed by atoms with Crippen LogP contribution in [0, 0.1) is 0 Å². The third-order valence-electron chi connectivity index (χ3n) is 4.86. The topological polar surface area (TPSA) is 96.5 Å². The van der Waals surface area contributed by atoms with Gasteiger partial charge in [-0.25, -0.2) is 4.79 Å². The molecule has 0 spiro atoms. The minimum absolute atomic E-state index is 0.0356. The summed E-state index contributed by atoms with van der Waals surface area (Å²) in [5, 5.41) is 8.48. The van der Waals surface area contributed by atoms with Crippen molar-refractivity contribution < 1.29 is 19.1 Å². The Balaban J connectivity index is 1.65. The Morgan fingerprint density at radius 3 is 2.09 bits per heavy atom. The Bertz CT molecular complexity index is 1160. The predicted octanol–water partition coefficient (Wildman–Crippen LogP) is 4.09. The zero-order valence-electron chi connectivity index (χ0n) is 18.1. The number of methoxy groups -OCH3 is 1. The average Bonchev–Trinajstić information content (AvgIpc) is 2.84. The minimum Gasteiger partial charge on any atom is -0.465 e.